The molecule has 36 heavy (non-hydrogen) atoms. The van der Waals surface area contributed by atoms with Crippen molar-refractivity contribution in [2.24, 2.45) is 5.92 Å². The Morgan fingerprint density at radius 2 is 1.14 bits per heavy atom. The summed E-state index contributed by atoms with van der Waals surface area (Å²) >= 11 is 0. The minimum atomic E-state index is -0.479. The number of unbranched alkanes of at least 4 members (excludes halogenated alkanes) is 12. The molecule has 0 amide bonds. The fraction of sp³-hybridized carbons (Fsp3) is 1.00. The van der Waals surface area contributed by atoms with E-state index >= 15 is 0 Å². The Balaban J connectivity index is 2.75. The summed E-state index contributed by atoms with van der Waals surface area (Å²) in [5, 5.41) is 0. The molecule has 0 aliphatic carbocycles. The number of epoxide rings is 1. The predicted molar refractivity (Wildman–Crippen MR) is 154 cm³/mol. The first-order valence-corrected chi connectivity index (χ1v) is 16.0. The summed E-state index contributed by atoms with van der Waals surface area (Å²) in [6, 6.07) is 0. The van der Waals surface area contributed by atoms with E-state index in [0.29, 0.717) is 12.0 Å². The van der Waals surface area contributed by atoms with Crippen LogP contribution in [0.4, 0.5) is 0 Å². The highest BCUT2D eigenvalue weighted by Crippen LogP contribution is 2.39. The maximum absolute atomic E-state index is 6.79. The number of hydrogen-bond acceptors (Lipinski definition) is 4. The normalized spacial score (nSPS) is 16.8. The maximum atomic E-state index is 6.79. The van der Waals surface area contributed by atoms with Gasteiger partial charge in [0.25, 0.3) is 0 Å². The minimum Gasteiger partial charge on any atom is -0.379 e. The molecule has 0 radical (unpaired) electrons. The van der Waals surface area contributed by atoms with Gasteiger partial charge in [0.1, 0.15) is 6.10 Å². The van der Waals surface area contributed by atoms with Gasteiger partial charge in [-0.25, -0.2) is 0 Å². The molecule has 1 aliphatic rings. The van der Waals surface area contributed by atoms with Crippen LogP contribution in [0.25, 0.3) is 0 Å². The second-order valence-corrected chi connectivity index (χ2v) is 11.8. The van der Waals surface area contributed by atoms with Crippen LogP contribution in [0.15, 0.2) is 0 Å². The standard InChI is InChI=1S/C32H64O4/c1-7-9-11-13-15-16-18-20-24-32(35-28(3)4,36-29(5)6)30(22-19-17-14-12-10-8-2)23-21-25-33-26-31-27-34-31/h28-31H,7-27H2,1-6H3. The highest BCUT2D eigenvalue weighted by molar-refractivity contribution is 4.83. The van der Waals surface area contributed by atoms with Gasteiger partial charge in [-0.2, -0.15) is 0 Å². The highest BCUT2D eigenvalue weighted by atomic mass is 16.7. The largest absolute Gasteiger partial charge is 0.379 e. The van der Waals surface area contributed by atoms with Crippen molar-refractivity contribution in [3.05, 3.63) is 0 Å². The summed E-state index contributed by atoms with van der Waals surface area (Å²) in [6.07, 6.45) is 23.7. The number of ether oxygens (including phenoxy) is 4. The van der Waals surface area contributed by atoms with Crippen LogP contribution < -0.4 is 0 Å². The molecule has 0 N–H and O–H groups in total. The third-order valence-electron chi connectivity index (χ3n) is 7.32. The second-order valence-electron chi connectivity index (χ2n) is 11.8. The molecule has 0 aromatic carbocycles. The van der Waals surface area contributed by atoms with E-state index in [9.17, 15) is 0 Å². The van der Waals surface area contributed by atoms with E-state index in [1.165, 1.54) is 96.3 Å². The van der Waals surface area contributed by atoms with Crippen LogP contribution in [0.3, 0.4) is 0 Å². The summed E-state index contributed by atoms with van der Waals surface area (Å²) in [4.78, 5) is 0. The van der Waals surface area contributed by atoms with Crippen molar-refractivity contribution in [3.8, 4) is 0 Å². The van der Waals surface area contributed by atoms with Crippen molar-refractivity contribution >= 4 is 0 Å². The molecule has 4 heteroatoms. The Labute approximate surface area is 226 Å². The topological polar surface area (TPSA) is 40.2 Å². The molecule has 2 atom stereocenters. The van der Waals surface area contributed by atoms with Gasteiger partial charge in [-0.3, -0.25) is 0 Å². The van der Waals surface area contributed by atoms with Crippen LogP contribution in [-0.2, 0) is 18.9 Å². The van der Waals surface area contributed by atoms with Crippen molar-refractivity contribution in [2.75, 3.05) is 19.8 Å². The lowest BCUT2D eigenvalue weighted by Crippen LogP contribution is -2.47. The van der Waals surface area contributed by atoms with E-state index in [1.807, 2.05) is 0 Å². The van der Waals surface area contributed by atoms with Gasteiger partial charge in [-0.15, -0.1) is 0 Å². The molecule has 216 valence electrons. The molecule has 1 rings (SSSR count). The molecule has 2 unspecified atom stereocenters. The molecule has 1 saturated heterocycles. The molecule has 0 aromatic rings. The third kappa shape index (κ3) is 17.4. The van der Waals surface area contributed by atoms with Gasteiger partial charge in [0.15, 0.2) is 5.79 Å². The molecule has 0 spiro atoms. The third-order valence-corrected chi connectivity index (χ3v) is 7.32. The summed E-state index contributed by atoms with van der Waals surface area (Å²) in [5.41, 5.74) is 0. The Kier molecular flexibility index (Phi) is 20.5. The minimum absolute atomic E-state index is 0.160. The molecule has 1 heterocycles. The lowest BCUT2D eigenvalue weighted by molar-refractivity contribution is -0.302. The molecule has 1 aliphatic heterocycles. The van der Waals surface area contributed by atoms with Gasteiger partial charge in [0.2, 0.25) is 0 Å². The zero-order chi connectivity index (χ0) is 26.5. The molecular formula is C32H64O4. The van der Waals surface area contributed by atoms with Gasteiger partial charge in [0.05, 0.1) is 25.4 Å². The first kappa shape index (κ1) is 33.9. The fourth-order valence-corrected chi connectivity index (χ4v) is 5.41. The van der Waals surface area contributed by atoms with Crippen LogP contribution in [-0.4, -0.2) is 43.9 Å². The van der Waals surface area contributed by atoms with E-state index in [0.717, 1.165) is 39.1 Å². The highest BCUT2D eigenvalue weighted by Gasteiger charge is 2.41. The van der Waals surface area contributed by atoms with Crippen LogP contribution in [0.2, 0.25) is 0 Å². The molecular weight excluding hydrogens is 448 g/mol. The van der Waals surface area contributed by atoms with E-state index in [4.69, 9.17) is 18.9 Å². The first-order valence-electron chi connectivity index (χ1n) is 16.0. The maximum Gasteiger partial charge on any atom is 0.171 e. The Hall–Kier alpha value is -0.160. The molecule has 0 saturated carbocycles. The second kappa shape index (κ2) is 21.7. The van der Waals surface area contributed by atoms with E-state index in [-0.39, 0.29) is 12.2 Å². The lowest BCUT2D eigenvalue weighted by atomic mass is 9.84. The molecule has 4 nitrogen and oxygen atoms in total. The lowest BCUT2D eigenvalue weighted by Gasteiger charge is -2.43. The SMILES string of the molecule is CCCCCCCCCCC(OC(C)C)(OC(C)C)C(CCCCCCCC)CCCOCC1CO1. The van der Waals surface area contributed by atoms with Crippen LogP contribution in [0, 0.1) is 5.92 Å². The first-order chi connectivity index (χ1) is 17.4. The average molecular weight is 513 g/mol. The van der Waals surface area contributed by atoms with Crippen LogP contribution in [0.1, 0.15) is 157 Å². The summed E-state index contributed by atoms with van der Waals surface area (Å²) < 4.78 is 24.8. The van der Waals surface area contributed by atoms with E-state index in [1.54, 1.807) is 0 Å². The summed E-state index contributed by atoms with van der Waals surface area (Å²) in [5.74, 6) is -0.0630. The van der Waals surface area contributed by atoms with Gasteiger partial charge < -0.3 is 18.9 Å². The molecule has 0 aromatic heterocycles. The number of hydrogen-bond donors (Lipinski definition) is 0. The molecule has 0 bridgehead atoms. The summed E-state index contributed by atoms with van der Waals surface area (Å²) in [6.45, 7) is 15.7. The van der Waals surface area contributed by atoms with Gasteiger partial charge in [-0.1, -0.05) is 97.3 Å². The van der Waals surface area contributed by atoms with Crippen molar-refractivity contribution in [1.82, 2.24) is 0 Å². The zero-order valence-electron chi connectivity index (χ0n) is 25.3. The zero-order valence-corrected chi connectivity index (χ0v) is 25.3. The van der Waals surface area contributed by atoms with Crippen molar-refractivity contribution < 1.29 is 18.9 Å². The Bertz CT molecular complexity index is 465. The summed E-state index contributed by atoms with van der Waals surface area (Å²) in [7, 11) is 0. The monoisotopic (exact) mass is 512 g/mol. The quantitative estimate of drug-likeness (QED) is 0.0624. The van der Waals surface area contributed by atoms with Crippen molar-refractivity contribution in [2.45, 2.75) is 181 Å². The van der Waals surface area contributed by atoms with Crippen molar-refractivity contribution in [1.29, 1.82) is 0 Å². The van der Waals surface area contributed by atoms with Gasteiger partial charge >= 0.3 is 0 Å². The average Bonchev–Trinajstić information content (AvgIpc) is 3.65. The smallest absolute Gasteiger partial charge is 0.171 e. The van der Waals surface area contributed by atoms with Crippen molar-refractivity contribution in [3.63, 3.8) is 0 Å². The van der Waals surface area contributed by atoms with E-state index in [2.05, 4.69) is 41.5 Å². The predicted octanol–water partition coefficient (Wildman–Crippen LogP) is 9.63. The number of rotatable bonds is 27. The molecule has 1 fully saturated rings. The fourth-order valence-electron chi connectivity index (χ4n) is 5.41. The van der Waals surface area contributed by atoms with Crippen LogP contribution in [0.5, 0.6) is 0 Å². The Morgan fingerprint density at radius 1 is 0.667 bits per heavy atom. The van der Waals surface area contributed by atoms with E-state index < -0.39 is 5.79 Å². The van der Waals surface area contributed by atoms with Gasteiger partial charge in [-0.05, 0) is 53.4 Å². The van der Waals surface area contributed by atoms with Crippen LogP contribution >= 0.6 is 0 Å². The Morgan fingerprint density at radius 3 is 1.64 bits per heavy atom. The van der Waals surface area contributed by atoms with Gasteiger partial charge in [0, 0.05) is 18.9 Å².